The molecule has 5 heteroatoms. The Hall–Kier alpha value is -1.10. The van der Waals surface area contributed by atoms with E-state index >= 15 is 0 Å². The third-order valence-electron chi connectivity index (χ3n) is 3.44. The van der Waals surface area contributed by atoms with Gasteiger partial charge in [0.15, 0.2) is 5.65 Å². The fourth-order valence-electron chi connectivity index (χ4n) is 2.48. The van der Waals surface area contributed by atoms with E-state index in [1.165, 1.54) is 25.7 Å². The van der Waals surface area contributed by atoms with Crippen molar-refractivity contribution in [3.8, 4) is 0 Å². The Balaban J connectivity index is 1.93. The topological polar surface area (TPSA) is 42.2 Å². The quantitative estimate of drug-likeness (QED) is 0.925. The number of rotatable bonds is 2. The Kier molecular flexibility index (Phi) is 2.58. The van der Waals surface area contributed by atoms with Crippen molar-refractivity contribution in [1.29, 1.82) is 0 Å². The number of aromatic nitrogens is 3. The lowest BCUT2D eigenvalue weighted by Crippen LogP contribution is -2.31. The summed E-state index contributed by atoms with van der Waals surface area (Å²) >= 11 is 3.49. The van der Waals surface area contributed by atoms with Crippen LogP contribution in [0.3, 0.4) is 0 Å². The van der Waals surface area contributed by atoms with Crippen LogP contribution in [0, 0.1) is 0 Å². The lowest BCUT2D eigenvalue weighted by Gasteiger charge is -2.23. The molecule has 2 aromatic heterocycles. The van der Waals surface area contributed by atoms with Gasteiger partial charge >= 0.3 is 0 Å². The van der Waals surface area contributed by atoms with Crippen LogP contribution in [0.15, 0.2) is 22.8 Å². The summed E-state index contributed by atoms with van der Waals surface area (Å²) in [5, 5.41) is 7.92. The highest BCUT2D eigenvalue weighted by atomic mass is 79.9. The summed E-state index contributed by atoms with van der Waals surface area (Å²) in [5.74, 6) is 0.723. The van der Waals surface area contributed by atoms with Crippen LogP contribution in [0.5, 0.6) is 0 Å². The van der Waals surface area contributed by atoms with Gasteiger partial charge < -0.3 is 5.32 Å². The van der Waals surface area contributed by atoms with Gasteiger partial charge in [-0.15, -0.1) is 5.10 Å². The van der Waals surface area contributed by atoms with Crippen LogP contribution in [0.2, 0.25) is 0 Å². The minimum absolute atomic E-state index is 0.164. The number of pyridine rings is 1. The molecule has 1 aliphatic rings. The number of anilines is 1. The molecule has 4 nitrogen and oxygen atoms in total. The standard InChI is InChI=1S/C12H15BrN4/c1-12(6-2-3-7-12)15-11-14-10-9(13)5-4-8-17(10)16-11/h4-5,8H,2-3,6-7H2,1H3,(H,15,16). The molecule has 90 valence electrons. The van der Waals surface area contributed by atoms with Crippen molar-refractivity contribution in [3.05, 3.63) is 22.8 Å². The predicted octanol–water partition coefficient (Wildman–Crippen LogP) is 3.24. The predicted molar refractivity (Wildman–Crippen MR) is 71.2 cm³/mol. The smallest absolute Gasteiger partial charge is 0.243 e. The minimum Gasteiger partial charge on any atom is -0.348 e. The SMILES string of the molecule is CC1(Nc2nc3c(Br)cccn3n2)CCCC1. The molecule has 1 fully saturated rings. The maximum absolute atomic E-state index is 4.51. The summed E-state index contributed by atoms with van der Waals surface area (Å²) in [6.45, 7) is 2.25. The third-order valence-corrected chi connectivity index (χ3v) is 4.05. The van der Waals surface area contributed by atoms with Crippen molar-refractivity contribution < 1.29 is 0 Å². The van der Waals surface area contributed by atoms with Crippen LogP contribution < -0.4 is 5.32 Å². The van der Waals surface area contributed by atoms with Gasteiger partial charge in [0.2, 0.25) is 5.95 Å². The summed E-state index contributed by atoms with van der Waals surface area (Å²) in [5.41, 5.74) is 1.02. The van der Waals surface area contributed by atoms with E-state index in [-0.39, 0.29) is 5.54 Å². The van der Waals surface area contributed by atoms with Gasteiger partial charge in [0, 0.05) is 11.7 Å². The molecule has 3 rings (SSSR count). The van der Waals surface area contributed by atoms with Crippen LogP contribution in [0.1, 0.15) is 32.6 Å². The van der Waals surface area contributed by atoms with Gasteiger partial charge in [0.1, 0.15) is 0 Å². The van der Waals surface area contributed by atoms with Crippen molar-refractivity contribution in [1.82, 2.24) is 14.6 Å². The summed E-state index contributed by atoms with van der Waals surface area (Å²) in [6, 6.07) is 3.93. The fraction of sp³-hybridized carbons (Fsp3) is 0.500. The first kappa shape index (κ1) is 11.0. The molecule has 0 unspecified atom stereocenters. The number of fused-ring (bicyclic) bond motifs is 1. The zero-order chi connectivity index (χ0) is 11.9. The summed E-state index contributed by atoms with van der Waals surface area (Å²) in [6.07, 6.45) is 6.89. The number of halogens is 1. The van der Waals surface area contributed by atoms with Gasteiger partial charge in [-0.1, -0.05) is 12.8 Å². The summed E-state index contributed by atoms with van der Waals surface area (Å²) in [7, 11) is 0. The molecular weight excluding hydrogens is 280 g/mol. The van der Waals surface area contributed by atoms with Crippen molar-refractivity contribution >= 4 is 27.5 Å². The lowest BCUT2D eigenvalue weighted by atomic mass is 10.0. The molecular formula is C12H15BrN4. The van der Waals surface area contributed by atoms with E-state index in [1.54, 1.807) is 4.52 Å². The highest BCUT2D eigenvalue weighted by molar-refractivity contribution is 9.10. The second-order valence-electron chi connectivity index (χ2n) is 4.95. The molecule has 1 N–H and O–H groups in total. The average molecular weight is 295 g/mol. The Labute approximate surface area is 109 Å². The maximum atomic E-state index is 4.51. The van der Waals surface area contributed by atoms with Gasteiger partial charge in [-0.05, 0) is 47.8 Å². The van der Waals surface area contributed by atoms with Gasteiger partial charge in [0.05, 0.1) is 4.47 Å². The molecule has 0 spiro atoms. The highest BCUT2D eigenvalue weighted by Gasteiger charge is 2.29. The second kappa shape index (κ2) is 3.98. The van der Waals surface area contributed by atoms with Crippen LogP contribution in [-0.2, 0) is 0 Å². The molecule has 0 aliphatic heterocycles. The third kappa shape index (κ3) is 2.04. The molecule has 0 bridgehead atoms. The second-order valence-corrected chi connectivity index (χ2v) is 5.81. The molecule has 0 amide bonds. The maximum Gasteiger partial charge on any atom is 0.243 e. The summed E-state index contributed by atoms with van der Waals surface area (Å²) in [4.78, 5) is 4.51. The van der Waals surface area contributed by atoms with Crippen LogP contribution in [0.4, 0.5) is 5.95 Å². The molecule has 0 saturated heterocycles. The molecule has 1 aliphatic carbocycles. The van der Waals surface area contributed by atoms with Gasteiger partial charge in [-0.2, -0.15) is 4.98 Å². The van der Waals surface area contributed by atoms with Crippen LogP contribution in [-0.4, -0.2) is 20.1 Å². The van der Waals surface area contributed by atoms with E-state index in [0.29, 0.717) is 0 Å². The van der Waals surface area contributed by atoms with Crippen molar-refractivity contribution in [3.63, 3.8) is 0 Å². The van der Waals surface area contributed by atoms with E-state index in [0.717, 1.165) is 16.1 Å². The van der Waals surface area contributed by atoms with Crippen LogP contribution in [0.25, 0.3) is 5.65 Å². The lowest BCUT2D eigenvalue weighted by molar-refractivity contribution is 0.528. The Morgan fingerprint density at radius 1 is 1.41 bits per heavy atom. The Bertz CT molecular complexity index is 542. The van der Waals surface area contributed by atoms with Crippen molar-refractivity contribution in [2.45, 2.75) is 38.1 Å². The molecule has 0 radical (unpaired) electrons. The van der Waals surface area contributed by atoms with E-state index < -0.39 is 0 Å². The average Bonchev–Trinajstić information content (AvgIpc) is 2.86. The van der Waals surface area contributed by atoms with E-state index in [4.69, 9.17) is 0 Å². The monoisotopic (exact) mass is 294 g/mol. The molecule has 1 saturated carbocycles. The van der Waals surface area contributed by atoms with Gasteiger partial charge in [0.25, 0.3) is 0 Å². The Morgan fingerprint density at radius 3 is 2.88 bits per heavy atom. The fourth-order valence-corrected chi connectivity index (χ4v) is 2.90. The molecule has 17 heavy (non-hydrogen) atoms. The van der Waals surface area contributed by atoms with Crippen molar-refractivity contribution in [2.24, 2.45) is 0 Å². The zero-order valence-electron chi connectivity index (χ0n) is 9.78. The number of nitrogens with zero attached hydrogens (tertiary/aromatic N) is 3. The number of hydrogen-bond donors (Lipinski definition) is 1. The first-order valence-electron chi connectivity index (χ1n) is 5.95. The molecule has 0 atom stereocenters. The van der Waals surface area contributed by atoms with Gasteiger partial charge in [-0.3, -0.25) is 0 Å². The zero-order valence-corrected chi connectivity index (χ0v) is 11.4. The Morgan fingerprint density at radius 2 is 2.18 bits per heavy atom. The van der Waals surface area contributed by atoms with Crippen molar-refractivity contribution in [2.75, 3.05) is 5.32 Å². The highest BCUT2D eigenvalue weighted by Crippen LogP contribution is 2.32. The van der Waals surface area contributed by atoms with E-state index in [9.17, 15) is 0 Å². The van der Waals surface area contributed by atoms with Crippen LogP contribution >= 0.6 is 15.9 Å². The molecule has 2 heterocycles. The van der Waals surface area contributed by atoms with E-state index in [2.05, 4.69) is 38.3 Å². The largest absolute Gasteiger partial charge is 0.348 e. The molecule has 0 aromatic carbocycles. The molecule has 2 aromatic rings. The normalized spacial score (nSPS) is 18.7. The van der Waals surface area contributed by atoms with Gasteiger partial charge in [-0.25, -0.2) is 4.52 Å². The number of nitrogens with one attached hydrogen (secondary N) is 1. The first-order valence-corrected chi connectivity index (χ1v) is 6.75. The minimum atomic E-state index is 0.164. The number of hydrogen-bond acceptors (Lipinski definition) is 3. The van der Waals surface area contributed by atoms with E-state index in [1.807, 2.05) is 18.3 Å². The first-order chi connectivity index (χ1) is 8.16. The summed E-state index contributed by atoms with van der Waals surface area (Å²) < 4.78 is 2.77.